The van der Waals surface area contributed by atoms with Gasteiger partial charge in [-0.05, 0) is 58.8 Å². The second kappa shape index (κ2) is 11.0. The fourth-order valence-electron chi connectivity index (χ4n) is 2.69. The third kappa shape index (κ3) is 6.12. The van der Waals surface area contributed by atoms with Crippen molar-refractivity contribution in [3.05, 3.63) is 69.9 Å². The number of aromatic nitrogens is 1. The Bertz CT molecular complexity index is 1170. The van der Waals surface area contributed by atoms with Crippen LogP contribution in [0.2, 0.25) is 0 Å². The fraction of sp³-hybridized carbons (Fsp3) is 0.174. The third-order valence-electron chi connectivity index (χ3n) is 4.17. The largest absolute Gasteiger partial charge is 0.493 e. The summed E-state index contributed by atoms with van der Waals surface area (Å²) in [6.07, 6.45) is 1.47. The molecule has 0 aliphatic rings. The molecule has 9 heteroatoms. The summed E-state index contributed by atoms with van der Waals surface area (Å²) in [5.41, 5.74) is 0.578. The number of benzene rings is 2. The second-order valence-electron chi connectivity index (χ2n) is 6.48. The van der Waals surface area contributed by atoms with E-state index in [1.807, 2.05) is 30.3 Å². The number of nitriles is 1. The molecule has 1 heterocycles. The van der Waals surface area contributed by atoms with E-state index in [9.17, 15) is 10.1 Å². The first-order valence-corrected chi connectivity index (χ1v) is 10.3. The lowest BCUT2D eigenvalue weighted by Crippen LogP contribution is -2.13. The Morgan fingerprint density at radius 1 is 1.16 bits per heavy atom. The Labute approximate surface area is 193 Å². The van der Waals surface area contributed by atoms with Gasteiger partial charge in [-0.25, -0.2) is 0 Å². The van der Waals surface area contributed by atoms with Crippen molar-refractivity contribution < 1.29 is 23.5 Å². The monoisotopic (exact) mass is 497 g/mol. The Balaban J connectivity index is 1.58. The topological polar surface area (TPSA) is 107 Å². The molecule has 3 rings (SSSR count). The Morgan fingerprint density at radius 3 is 2.50 bits per heavy atom. The highest BCUT2D eigenvalue weighted by Crippen LogP contribution is 2.28. The number of nitrogens with one attached hydrogen (secondary N) is 1. The number of halogens is 1. The van der Waals surface area contributed by atoms with E-state index in [-0.39, 0.29) is 11.4 Å². The first kappa shape index (κ1) is 22.9. The van der Waals surface area contributed by atoms with E-state index in [1.54, 1.807) is 38.3 Å². The molecular formula is C23H20BrN3O5. The SMILES string of the molecule is COc1ccccc1OCCOc1ccc(C=C(C#N)C(=O)Nc2cc(C)on2)cc1Br. The summed E-state index contributed by atoms with van der Waals surface area (Å²) in [6.45, 7) is 2.35. The number of rotatable bonds is 9. The Hall–Kier alpha value is -3.77. The summed E-state index contributed by atoms with van der Waals surface area (Å²) in [7, 11) is 1.59. The molecule has 0 atom stereocenters. The van der Waals surface area contributed by atoms with E-state index in [4.69, 9.17) is 18.7 Å². The zero-order chi connectivity index (χ0) is 22.9. The van der Waals surface area contributed by atoms with E-state index in [1.165, 1.54) is 6.08 Å². The van der Waals surface area contributed by atoms with Crippen LogP contribution in [0.5, 0.6) is 17.2 Å². The first-order valence-electron chi connectivity index (χ1n) is 9.55. The number of hydrogen-bond acceptors (Lipinski definition) is 7. The summed E-state index contributed by atoms with van der Waals surface area (Å²) >= 11 is 3.45. The van der Waals surface area contributed by atoms with Crippen LogP contribution in [0.1, 0.15) is 11.3 Å². The highest BCUT2D eigenvalue weighted by atomic mass is 79.9. The molecule has 0 bridgehead atoms. The molecule has 0 radical (unpaired) electrons. The molecule has 1 amide bonds. The van der Waals surface area contributed by atoms with E-state index in [0.29, 0.717) is 46.3 Å². The van der Waals surface area contributed by atoms with Gasteiger partial charge in [0.15, 0.2) is 17.3 Å². The maximum absolute atomic E-state index is 12.3. The van der Waals surface area contributed by atoms with Crippen molar-refractivity contribution in [2.75, 3.05) is 25.6 Å². The molecule has 1 N–H and O–H groups in total. The van der Waals surface area contributed by atoms with Crippen LogP contribution in [-0.4, -0.2) is 31.4 Å². The van der Waals surface area contributed by atoms with Gasteiger partial charge in [-0.3, -0.25) is 4.79 Å². The van der Waals surface area contributed by atoms with Gasteiger partial charge in [0.1, 0.15) is 36.4 Å². The number of ether oxygens (including phenoxy) is 3. The number of aryl methyl sites for hydroxylation is 1. The van der Waals surface area contributed by atoms with Crippen molar-refractivity contribution in [3.8, 4) is 23.3 Å². The van der Waals surface area contributed by atoms with Gasteiger partial charge in [0, 0.05) is 6.07 Å². The van der Waals surface area contributed by atoms with Crippen LogP contribution < -0.4 is 19.5 Å². The molecule has 0 unspecified atom stereocenters. The van der Waals surface area contributed by atoms with Gasteiger partial charge in [0.25, 0.3) is 5.91 Å². The number of hydrogen-bond donors (Lipinski definition) is 1. The number of nitrogens with zero attached hydrogens (tertiary/aromatic N) is 2. The molecule has 0 saturated carbocycles. The first-order chi connectivity index (χ1) is 15.5. The smallest absolute Gasteiger partial charge is 0.267 e. The molecule has 8 nitrogen and oxygen atoms in total. The number of amides is 1. The quantitative estimate of drug-likeness (QED) is 0.258. The molecule has 164 valence electrons. The van der Waals surface area contributed by atoms with Crippen LogP contribution in [0.15, 0.2) is 63.1 Å². The standard InChI is InChI=1S/C23H20BrN3O5/c1-15-11-22(27-32-15)26-23(28)17(14-25)12-16-7-8-19(18(24)13-16)30-9-10-31-21-6-4-3-5-20(21)29-2/h3-8,11-13H,9-10H2,1-2H3,(H,26,27,28). The Morgan fingerprint density at radius 2 is 1.88 bits per heavy atom. The molecule has 2 aromatic carbocycles. The highest BCUT2D eigenvalue weighted by molar-refractivity contribution is 9.10. The summed E-state index contributed by atoms with van der Waals surface area (Å²) in [4.78, 5) is 12.3. The second-order valence-corrected chi connectivity index (χ2v) is 7.34. The van der Waals surface area contributed by atoms with Crippen molar-refractivity contribution in [2.45, 2.75) is 6.92 Å². The van der Waals surface area contributed by atoms with Gasteiger partial charge in [-0.2, -0.15) is 5.26 Å². The molecule has 1 aromatic heterocycles. The molecule has 0 fully saturated rings. The lowest BCUT2D eigenvalue weighted by atomic mass is 10.1. The van der Waals surface area contributed by atoms with Crippen LogP contribution in [0, 0.1) is 18.3 Å². The zero-order valence-corrected chi connectivity index (χ0v) is 19.0. The maximum Gasteiger partial charge on any atom is 0.267 e. The van der Waals surface area contributed by atoms with Gasteiger partial charge in [0.2, 0.25) is 0 Å². The van der Waals surface area contributed by atoms with E-state index in [2.05, 4.69) is 26.4 Å². The van der Waals surface area contributed by atoms with Gasteiger partial charge >= 0.3 is 0 Å². The summed E-state index contributed by atoms with van der Waals surface area (Å²) < 4.78 is 22.3. The molecule has 0 aliphatic heterocycles. The number of para-hydroxylation sites is 2. The van der Waals surface area contributed by atoms with Gasteiger partial charge in [-0.15, -0.1) is 0 Å². The number of carbonyl (C=O) groups excluding carboxylic acids is 1. The number of anilines is 1. The van der Waals surface area contributed by atoms with Crippen molar-refractivity contribution in [3.63, 3.8) is 0 Å². The predicted molar refractivity (Wildman–Crippen MR) is 122 cm³/mol. The van der Waals surface area contributed by atoms with Crippen LogP contribution >= 0.6 is 15.9 Å². The van der Waals surface area contributed by atoms with Gasteiger partial charge in [0.05, 0.1) is 11.6 Å². The molecule has 32 heavy (non-hydrogen) atoms. The molecule has 0 spiro atoms. The molecule has 3 aromatic rings. The van der Waals surface area contributed by atoms with E-state index >= 15 is 0 Å². The molecule has 0 aliphatic carbocycles. The summed E-state index contributed by atoms with van der Waals surface area (Å²) in [5, 5.41) is 15.6. The Kier molecular flexibility index (Phi) is 7.89. The van der Waals surface area contributed by atoms with Gasteiger partial charge in [-0.1, -0.05) is 23.4 Å². The zero-order valence-electron chi connectivity index (χ0n) is 17.4. The summed E-state index contributed by atoms with van der Waals surface area (Å²) in [6, 6.07) is 16.1. The highest BCUT2D eigenvalue weighted by Gasteiger charge is 2.12. The lowest BCUT2D eigenvalue weighted by Gasteiger charge is -2.12. The summed E-state index contributed by atoms with van der Waals surface area (Å²) in [5.74, 6) is 2.11. The van der Waals surface area contributed by atoms with Crippen molar-refractivity contribution in [1.82, 2.24) is 5.16 Å². The minimum Gasteiger partial charge on any atom is -0.493 e. The average Bonchev–Trinajstić information content (AvgIpc) is 3.20. The van der Waals surface area contributed by atoms with E-state index in [0.717, 1.165) is 0 Å². The fourth-order valence-corrected chi connectivity index (χ4v) is 3.20. The molecular weight excluding hydrogens is 478 g/mol. The van der Waals surface area contributed by atoms with Crippen molar-refractivity contribution >= 4 is 33.7 Å². The average molecular weight is 498 g/mol. The maximum atomic E-state index is 12.3. The van der Waals surface area contributed by atoms with Crippen molar-refractivity contribution in [1.29, 1.82) is 5.26 Å². The number of carbonyl (C=O) groups is 1. The van der Waals surface area contributed by atoms with Crippen LogP contribution in [-0.2, 0) is 4.79 Å². The van der Waals surface area contributed by atoms with Gasteiger partial charge < -0.3 is 24.1 Å². The van der Waals surface area contributed by atoms with E-state index < -0.39 is 5.91 Å². The number of methoxy groups -OCH3 is 1. The van der Waals surface area contributed by atoms with Crippen LogP contribution in [0.3, 0.4) is 0 Å². The predicted octanol–water partition coefficient (Wildman–Crippen LogP) is 4.76. The van der Waals surface area contributed by atoms with Crippen LogP contribution in [0.4, 0.5) is 5.82 Å². The van der Waals surface area contributed by atoms with Crippen molar-refractivity contribution in [2.24, 2.45) is 0 Å². The lowest BCUT2D eigenvalue weighted by molar-refractivity contribution is -0.112. The van der Waals surface area contributed by atoms with Crippen LogP contribution in [0.25, 0.3) is 6.08 Å². The minimum atomic E-state index is -0.578. The normalized spacial score (nSPS) is 10.9. The minimum absolute atomic E-state index is 0.0728. The molecule has 0 saturated heterocycles. The third-order valence-corrected chi connectivity index (χ3v) is 4.79.